The van der Waals surface area contributed by atoms with E-state index in [9.17, 15) is 0 Å². The molecule has 156 valence electrons. The smallest absolute Gasteiger partial charge is 0.161 e. The largest absolute Gasteiger partial charge is 0.493 e. The van der Waals surface area contributed by atoms with E-state index < -0.39 is 0 Å². The Balaban J connectivity index is 1.71. The summed E-state index contributed by atoms with van der Waals surface area (Å²) in [4.78, 5) is 0. The van der Waals surface area contributed by atoms with E-state index in [1.165, 1.54) is 0 Å². The van der Waals surface area contributed by atoms with E-state index in [0.717, 1.165) is 28.2 Å². The first-order valence-electron chi connectivity index (χ1n) is 9.60. The molecule has 0 amide bonds. The number of ether oxygens (including phenoxy) is 2. The summed E-state index contributed by atoms with van der Waals surface area (Å²) in [5.74, 6) is 1.30. The maximum absolute atomic E-state index is 5.94. The van der Waals surface area contributed by atoms with Crippen molar-refractivity contribution in [3.05, 3.63) is 89.6 Å². The molecule has 0 aliphatic heterocycles. The summed E-state index contributed by atoms with van der Waals surface area (Å²) in [6.07, 6.45) is 3.68. The summed E-state index contributed by atoms with van der Waals surface area (Å²) in [7, 11) is 3.23. The van der Waals surface area contributed by atoms with Gasteiger partial charge in [-0.25, -0.2) is 4.68 Å². The van der Waals surface area contributed by atoms with Gasteiger partial charge in [-0.2, -0.15) is 10.2 Å². The first kappa shape index (κ1) is 20.5. The third kappa shape index (κ3) is 4.70. The fourth-order valence-corrected chi connectivity index (χ4v) is 3.23. The van der Waals surface area contributed by atoms with Crippen LogP contribution in [0.1, 0.15) is 5.56 Å². The Morgan fingerprint density at radius 3 is 2.39 bits per heavy atom. The molecule has 0 fully saturated rings. The molecule has 0 spiro atoms. The Morgan fingerprint density at radius 1 is 0.935 bits per heavy atom. The molecule has 4 rings (SSSR count). The van der Waals surface area contributed by atoms with E-state index in [2.05, 4.69) is 10.5 Å². The number of para-hydroxylation sites is 1. The van der Waals surface area contributed by atoms with Gasteiger partial charge in [0.15, 0.2) is 11.5 Å². The molecule has 0 unspecified atom stereocenters. The molecule has 1 N–H and O–H groups in total. The molecule has 0 radical (unpaired) electrons. The molecule has 7 heteroatoms. The standard InChI is InChI=1S/C24H21ClN4O2/c1-30-22-13-8-17(14-23(22)31-2)24-18(15-26-27-20-11-9-19(25)10-12-20)16-29(28-24)21-6-4-3-5-7-21/h3-16,27H,1-2H3. The van der Waals surface area contributed by atoms with Gasteiger partial charge in [0.25, 0.3) is 0 Å². The fraction of sp³-hybridized carbons (Fsp3) is 0.0833. The minimum Gasteiger partial charge on any atom is -0.493 e. The van der Waals surface area contributed by atoms with E-state index in [1.54, 1.807) is 20.4 Å². The van der Waals surface area contributed by atoms with Crippen LogP contribution in [0.2, 0.25) is 5.02 Å². The molecule has 0 aliphatic rings. The van der Waals surface area contributed by atoms with E-state index in [0.29, 0.717) is 16.5 Å². The van der Waals surface area contributed by atoms with Crippen molar-refractivity contribution >= 4 is 23.5 Å². The lowest BCUT2D eigenvalue weighted by atomic mass is 10.1. The summed E-state index contributed by atoms with van der Waals surface area (Å²) >= 11 is 5.94. The second-order valence-corrected chi connectivity index (χ2v) is 7.10. The number of halogens is 1. The first-order chi connectivity index (χ1) is 15.2. The molecule has 6 nitrogen and oxygen atoms in total. The molecule has 0 saturated carbocycles. The van der Waals surface area contributed by atoms with Crippen LogP contribution in [0.15, 0.2) is 84.1 Å². The van der Waals surface area contributed by atoms with Crippen LogP contribution in [0.3, 0.4) is 0 Å². The monoisotopic (exact) mass is 432 g/mol. The number of benzene rings is 3. The zero-order valence-electron chi connectivity index (χ0n) is 17.1. The van der Waals surface area contributed by atoms with Crippen LogP contribution in [0.25, 0.3) is 16.9 Å². The lowest BCUT2D eigenvalue weighted by Gasteiger charge is -2.09. The van der Waals surface area contributed by atoms with Crippen molar-refractivity contribution in [3.63, 3.8) is 0 Å². The number of methoxy groups -OCH3 is 2. The maximum atomic E-state index is 5.94. The Bertz CT molecular complexity index is 1190. The Kier molecular flexibility index (Phi) is 6.19. The van der Waals surface area contributed by atoms with E-state index in [1.807, 2.05) is 83.7 Å². The average Bonchev–Trinajstić information content (AvgIpc) is 3.24. The van der Waals surface area contributed by atoms with Crippen LogP contribution < -0.4 is 14.9 Å². The number of nitrogens with zero attached hydrogens (tertiary/aromatic N) is 3. The predicted molar refractivity (Wildman–Crippen MR) is 125 cm³/mol. The van der Waals surface area contributed by atoms with Gasteiger partial charge in [-0.15, -0.1) is 0 Å². The SMILES string of the molecule is COc1ccc(-c2nn(-c3ccccc3)cc2C=NNc2ccc(Cl)cc2)cc1OC. The third-order valence-corrected chi connectivity index (χ3v) is 4.91. The summed E-state index contributed by atoms with van der Waals surface area (Å²) in [5, 5.41) is 9.86. The highest BCUT2D eigenvalue weighted by atomic mass is 35.5. The average molecular weight is 433 g/mol. The summed E-state index contributed by atoms with van der Waals surface area (Å²) in [6, 6.07) is 23.0. The van der Waals surface area contributed by atoms with Crippen LogP contribution in [-0.2, 0) is 0 Å². The molecule has 31 heavy (non-hydrogen) atoms. The minimum atomic E-state index is 0.636. The lowest BCUT2D eigenvalue weighted by molar-refractivity contribution is 0.355. The Hall–Kier alpha value is -3.77. The minimum absolute atomic E-state index is 0.636. The van der Waals surface area contributed by atoms with Gasteiger partial charge >= 0.3 is 0 Å². The molecule has 0 saturated heterocycles. The number of hydrogen-bond donors (Lipinski definition) is 1. The Morgan fingerprint density at radius 2 is 1.68 bits per heavy atom. The molecular formula is C24H21ClN4O2. The van der Waals surface area contributed by atoms with Crippen LogP contribution >= 0.6 is 11.6 Å². The summed E-state index contributed by atoms with van der Waals surface area (Å²) in [5.41, 5.74) is 7.31. The number of nitrogens with one attached hydrogen (secondary N) is 1. The second-order valence-electron chi connectivity index (χ2n) is 6.66. The van der Waals surface area contributed by atoms with Crippen LogP contribution in [0.5, 0.6) is 11.5 Å². The lowest BCUT2D eigenvalue weighted by Crippen LogP contribution is -1.95. The van der Waals surface area contributed by atoms with Crippen molar-refractivity contribution < 1.29 is 9.47 Å². The van der Waals surface area contributed by atoms with Crippen molar-refractivity contribution in [2.24, 2.45) is 5.10 Å². The summed E-state index contributed by atoms with van der Waals surface area (Å²) < 4.78 is 12.6. The van der Waals surface area contributed by atoms with E-state index in [4.69, 9.17) is 26.2 Å². The van der Waals surface area contributed by atoms with Gasteiger partial charge in [0.1, 0.15) is 5.69 Å². The van der Waals surface area contributed by atoms with Crippen molar-refractivity contribution in [3.8, 4) is 28.4 Å². The predicted octanol–water partition coefficient (Wildman–Crippen LogP) is 5.66. The normalized spacial score (nSPS) is 10.9. The molecule has 1 aromatic heterocycles. The van der Waals surface area contributed by atoms with E-state index in [-0.39, 0.29) is 0 Å². The molecule has 3 aromatic carbocycles. The van der Waals surface area contributed by atoms with Gasteiger partial charge in [0.2, 0.25) is 0 Å². The number of hydrazone groups is 1. The number of aromatic nitrogens is 2. The maximum Gasteiger partial charge on any atom is 0.161 e. The Labute approximate surface area is 185 Å². The molecular weight excluding hydrogens is 412 g/mol. The summed E-state index contributed by atoms with van der Waals surface area (Å²) in [6.45, 7) is 0. The third-order valence-electron chi connectivity index (χ3n) is 4.66. The van der Waals surface area contributed by atoms with Crippen molar-refractivity contribution in [2.75, 3.05) is 19.6 Å². The van der Waals surface area contributed by atoms with Gasteiger partial charge < -0.3 is 9.47 Å². The topological polar surface area (TPSA) is 60.7 Å². The molecule has 1 heterocycles. The van der Waals surface area contributed by atoms with Gasteiger partial charge in [0, 0.05) is 22.3 Å². The van der Waals surface area contributed by atoms with Crippen molar-refractivity contribution in [1.82, 2.24) is 9.78 Å². The van der Waals surface area contributed by atoms with Gasteiger partial charge in [0.05, 0.1) is 31.8 Å². The molecule has 0 aliphatic carbocycles. The molecule has 0 bridgehead atoms. The number of anilines is 1. The quantitative estimate of drug-likeness (QED) is 0.302. The number of hydrogen-bond acceptors (Lipinski definition) is 5. The zero-order valence-corrected chi connectivity index (χ0v) is 17.9. The number of rotatable bonds is 7. The van der Waals surface area contributed by atoms with Gasteiger partial charge in [-0.05, 0) is 54.6 Å². The molecule has 4 aromatic rings. The van der Waals surface area contributed by atoms with Crippen molar-refractivity contribution in [1.29, 1.82) is 0 Å². The highest BCUT2D eigenvalue weighted by molar-refractivity contribution is 6.30. The van der Waals surface area contributed by atoms with Crippen molar-refractivity contribution in [2.45, 2.75) is 0 Å². The highest BCUT2D eigenvalue weighted by Gasteiger charge is 2.14. The van der Waals surface area contributed by atoms with Crippen LogP contribution in [0, 0.1) is 0 Å². The van der Waals surface area contributed by atoms with Gasteiger partial charge in [-0.3, -0.25) is 5.43 Å². The van der Waals surface area contributed by atoms with Gasteiger partial charge in [-0.1, -0.05) is 29.8 Å². The van der Waals surface area contributed by atoms with Crippen LogP contribution in [-0.4, -0.2) is 30.2 Å². The second kappa shape index (κ2) is 9.36. The molecule has 0 atom stereocenters. The first-order valence-corrected chi connectivity index (χ1v) is 9.98. The fourth-order valence-electron chi connectivity index (χ4n) is 3.10. The zero-order chi connectivity index (χ0) is 21.6. The van der Waals surface area contributed by atoms with Crippen LogP contribution in [0.4, 0.5) is 5.69 Å². The highest BCUT2D eigenvalue weighted by Crippen LogP contribution is 2.33. The van der Waals surface area contributed by atoms with E-state index >= 15 is 0 Å².